The van der Waals surface area contributed by atoms with E-state index >= 15 is 0 Å². The van der Waals surface area contributed by atoms with E-state index in [1.165, 1.54) is 42.1 Å². The first kappa shape index (κ1) is 13.0. The van der Waals surface area contributed by atoms with Gasteiger partial charge in [-0.05, 0) is 42.3 Å². The van der Waals surface area contributed by atoms with Crippen molar-refractivity contribution in [3.05, 3.63) is 72.4 Å². The lowest BCUT2D eigenvalue weighted by molar-refractivity contribution is 0.599. The van der Waals surface area contributed by atoms with E-state index in [4.69, 9.17) is 0 Å². The minimum atomic E-state index is 1.13. The lowest BCUT2D eigenvalue weighted by Gasteiger charge is -2.05. The second-order valence-corrected chi connectivity index (χ2v) is 5.36. The molecule has 3 rings (SSSR count). The number of benzene rings is 2. The van der Waals surface area contributed by atoms with Crippen molar-refractivity contribution in [1.82, 2.24) is 4.57 Å². The van der Waals surface area contributed by atoms with E-state index in [1.54, 1.807) is 0 Å². The first-order valence-electron chi connectivity index (χ1n) is 7.51. The van der Waals surface area contributed by atoms with Crippen LogP contribution in [-0.4, -0.2) is 4.57 Å². The van der Waals surface area contributed by atoms with E-state index in [1.807, 2.05) is 0 Å². The predicted molar refractivity (Wildman–Crippen MR) is 85.9 cm³/mol. The highest BCUT2D eigenvalue weighted by Gasteiger charge is 1.99. The van der Waals surface area contributed by atoms with Gasteiger partial charge in [-0.25, -0.2) is 0 Å². The number of aromatic nitrogens is 1. The summed E-state index contributed by atoms with van der Waals surface area (Å²) in [6, 6.07) is 21.6. The molecule has 1 aromatic heterocycles. The van der Waals surface area contributed by atoms with E-state index in [-0.39, 0.29) is 0 Å². The van der Waals surface area contributed by atoms with Crippen molar-refractivity contribution in [1.29, 1.82) is 0 Å². The maximum Gasteiger partial charge on any atom is 0.0480 e. The Morgan fingerprint density at radius 1 is 0.700 bits per heavy atom. The van der Waals surface area contributed by atoms with E-state index in [0.717, 1.165) is 6.54 Å². The summed E-state index contributed by atoms with van der Waals surface area (Å²) >= 11 is 0. The summed E-state index contributed by atoms with van der Waals surface area (Å²) in [4.78, 5) is 0. The Morgan fingerprint density at radius 2 is 1.50 bits per heavy atom. The molecule has 1 heteroatoms. The van der Waals surface area contributed by atoms with Gasteiger partial charge in [-0.15, -0.1) is 0 Å². The molecule has 102 valence electrons. The summed E-state index contributed by atoms with van der Waals surface area (Å²) in [5.74, 6) is 0. The minimum absolute atomic E-state index is 1.13. The number of fused-ring (bicyclic) bond motifs is 1. The van der Waals surface area contributed by atoms with Gasteiger partial charge in [0.2, 0.25) is 0 Å². The van der Waals surface area contributed by atoms with Gasteiger partial charge in [0.25, 0.3) is 0 Å². The highest BCUT2D eigenvalue weighted by molar-refractivity contribution is 5.79. The number of nitrogens with zero attached hydrogens (tertiary/aromatic N) is 1. The average molecular weight is 263 g/mol. The Hall–Kier alpha value is -2.02. The normalized spacial score (nSPS) is 11.0. The molecule has 0 saturated carbocycles. The summed E-state index contributed by atoms with van der Waals surface area (Å²) in [6.45, 7) is 1.13. The van der Waals surface area contributed by atoms with Gasteiger partial charge < -0.3 is 4.57 Å². The number of hydrogen-bond acceptors (Lipinski definition) is 0. The van der Waals surface area contributed by atoms with Crippen LogP contribution in [0.3, 0.4) is 0 Å². The molecule has 0 aliphatic rings. The van der Waals surface area contributed by atoms with E-state index in [2.05, 4.69) is 71.4 Å². The third kappa shape index (κ3) is 3.11. The second kappa shape index (κ2) is 6.42. The maximum absolute atomic E-state index is 2.37. The third-order valence-corrected chi connectivity index (χ3v) is 3.89. The van der Waals surface area contributed by atoms with E-state index in [9.17, 15) is 0 Å². The lowest BCUT2D eigenvalue weighted by Crippen LogP contribution is -1.96. The van der Waals surface area contributed by atoms with Crippen molar-refractivity contribution < 1.29 is 0 Å². The standard InChI is InChI=1S/C19H21N/c1-3-9-17(10-4-1)11-5-2-8-15-20-16-14-18-12-6-7-13-19(18)20/h1,3-4,6-7,9-10,12-14,16H,2,5,8,11,15H2. The fourth-order valence-electron chi connectivity index (χ4n) is 2.77. The van der Waals surface area contributed by atoms with Gasteiger partial charge >= 0.3 is 0 Å². The van der Waals surface area contributed by atoms with Crippen molar-refractivity contribution in [2.75, 3.05) is 0 Å². The Bertz CT molecular complexity index is 652. The van der Waals surface area contributed by atoms with Gasteiger partial charge in [-0.2, -0.15) is 0 Å². The summed E-state index contributed by atoms with van der Waals surface area (Å²) in [5, 5.41) is 1.34. The smallest absolute Gasteiger partial charge is 0.0480 e. The summed E-state index contributed by atoms with van der Waals surface area (Å²) in [5.41, 5.74) is 2.81. The van der Waals surface area contributed by atoms with Crippen LogP contribution in [0, 0.1) is 0 Å². The Morgan fingerprint density at radius 3 is 2.40 bits per heavy atom. The molecule has 3 aromatic rings. The molecule has 0 aliphatic heterocycles. The molecule has 0 spiro atoms. The van der Waals surface area contributed by atoms with Crippen molar-refractivity contribution in [2.45, 2.75) is 32.2 Å². The Kier molecular flexibility index (Phi) is 4.17. The average Bonchev–Trinajstić information content (AvgIpc) is 2.91. The van der Waals surface area contributed by atoms with E-state index < -0.39 is 0 Å². The van der Waals surface area contributed by atoms with Crippen LogP contribution >= 0.6 is 0 Å². The minimum Gasteiger partial charge on any atom is -0.347 e. The Labute approximate surface area is 120 Å². The molecular weight excluding hydrogens is 242 g/mol. The van der Waals surface area contributed by atoms with Crippen molar-refractivity contribution in [3.63, 3.8) is 0 Å². The van der Waals surface area contributed by atoms with Crippen LogP contribution in [0.25, 0.3) is 10.9 Å². The largest absolute Gasteiger partial charge is 0.347 e. The Balaban J connectivity index is 1.46. The number of para-hydroxylation sites is 1. The topological polar surface area (TPSA) is 4.93 Å². The lowest BCUT2D eigenvalue weighted by atomic mass is 10.1. The molecule has 2 aromatic carbocycles. The summed E-state index contributed by atoms with van der Waals surface area (Å²) < 4.78 is 2.37. The number of aryl methyl sites for hydroxylation is 2. The monoisotopic (exact) mass is 263 g/mol. The molecule has 0 atom stereocenters. The molecule has 1 heterocycles. The van der Waals surface area contributed by atoms with Crippen LogP contribution in [0.2, 0.25) is 0 Å². The van der Waals surface area contributed by atoms with Crippen molar-refractivity contribution >= 4 is 10.9 Å². The van der Waals surface area contributed by atoms with Gasteiger partial charge in [-0.1, -0.05) is 55.0 Å². The van der Waals surface area contributed by atoms with Gasteiger partial charge in [0, 0.05) is 18.3 Å². The zero-order valence-electron chi connectivity index (χ0n) is 11.8. The maximum atomic E-state index is 2.37. The highest BCUT2D eigenvalue weighted by atomic mass is 14.9. The van der Waals surface area contributed by atoms with Crippen LogP contribution in [0.15, 0.2) is 66.9 Å². The van der Waals surface area contributed by atoms with Crippen molar-refractivity contribution in [2.24, 2.45) is 0 Å². The first-order chi connectivity index (χ1) is 9.93. The molecule has 20 heavy (non-hydrogen) atoms. The molecule has 0 N–H and O–H groups in total. The molecule has 0 amide bonds. The zero-order chi connectivity index (χ0) is 13.6. The van der Waals surface area contributed by atoms with Crippen LogP contribution < -0.4 is 0 Å². The van der Waals surface area contributed by atoms with E-state index in [0.29, 0.717) is 0 Å². The number of rotatable bonds is 6. The fourth-order valence-corrected chi connectivity index (χ4v) is 2.77. The van der Waals surface area contributed by atoms with Crippen LogP contribution in [0.4, 0.5) is 0 Å². The predicted octanol–water partition coefficient (Wildman–Crippen LogP) is 5.05. The van der Waals surface area contributed by atoms with Crippen LogP contribution in [-0.2, 0) is 13.0 Å². The molecule has 0 fully saturated rings. The molecule has 0 aliphatic carbocycles. The fraction of sp³-hybridized carbons (Fsp3) is 0.263. The number of unbranched alkanes of at least 4 members (excludes halogenated alkanes) is 2. The quantitative estimate of drug-likeness (QED) is 0.548. The van der Waals surface area contributed by atoms with Crippen LogP contribution in [0.1, 0.15) is 24.8 Å². The second-order valence-electron chi connectivity index (χ2n) is 5.36. The molecule has 0 unspecified atom stereocenters. The molecule has 1 nitrogen and oxygen atoms in total. The van der Waals surface area contributed by atoms with Gasteiger partial charge in [-0.3, -0.25) is 0 Å². The van der Waals surface area contributed by atoms with Gasteiger partial charge in [0.05, 0.1) is 0 Å². The summed E-state index contributed by atoms with van der Waals surface area (Å²) in [7, 11) is 0. The molecular formula is C19H21N. The highest BCUT2D eigenvalue weighted by Crippen LogP contribution is 2.16. The van der Waals surface area contributed by atoms with Crippen molar-refractivity contribution in [3.8, 4) is 0 Å². The number of hydrogen-bond donors (Lipinski definition) is 0. The zero-order valence-corrected chi connectivity index (χ0v) is 11.8. The van der Waals surface area contributed by atoms with Crippen LogP contribution in [0.5, 0.6) is 0 Å². The molecule has 0 saturated heterocycles. The van der Waals surface area contributed by atoms with Gasteiger partial charge in [0.15, 0.2) is 0 Å². The first-order valence-corrected chi connectivity index (χ1v) is 7.51. The van der Waals surface area contributed by atoms with Gasteiger partial charge in [0.1, 0.15) is 0 Å². The summed E-state index contributed by atoms with van der Waals surface area (Å²) in [6.07, 6.45) is 7.24. The SMILES string of the molecule is c1ccc(CCCCCn2ccc3ccccc32)cc1. The molecule has 0 radical (unpaired) electrons. The third-order valence-electron chi connectivity index (χ3n) is 3.89. The molecule has 0 bridgehead atoms.